The maximum absolute atomic E-state index is 12.3. The van der Waals surface area contributed by atoms with Gasteiger partial charge in [0.15, 0.2) is 0 Å². The van der Waals surface area contributed by atoms with Crippen LogP contribution >= 0.6 is 0 Å². The molecule has 1 rings (SSSR count). The van der Waals surface area contributed by atoms with E-state index < -0.39 is 5.97 Å². The van der Waals surface area contributed by atoms with Crippen molar-refractivity contribution >= 4 is 12.0 Å². The smallest absolute Gasteiger partial charge is 0.320 e. The number of rotatable bonds is 6. The first-order valence-electron chi connectivity index (χ1n) is 6.95. The average Bonchev–Trinajstić information content (AvgIpc) is 2.38. The highest BCUT2D eigenvalue weighted by molar-refractivity contribution is 5.74. The molecule has 5 nitrogen and oxygen atoms in total. The summed E-state index contributed by atoms with van der Waals surface area (Å²) in [6.45, 7) is 8.35. The zero-order valence-electron chi connectivity index (χ0n) is 11.7. The van der Waals surface area contributed by atoms with Gasteiger partial charge < -0.3 is 14.9 Å². The van der Waals surface area contributed by atoms with Crippen molar-refractivity contribution in [3.05, 3.63) is 12.7 Å². The Bertz CT molecular complexity index is 323. The van der Waals surface area contributed by atoms with E-state index in [9.17, 15) is 9.59 Å². The summed E-state index contributed by atoms with van der Waals surface area (Å²) in [5.41, 5.74) is 0. The lowest BCUT2D eigenvalue weighted by atomic mass is 9.94. The van der Waals surface area contributed by atoms with E-state index >= 15 is 0 Å². The summed E-state index contributed by atoms with van der Waals surface area (Å²) in [4.78, 5) is 26.6. The van der Waals surface area contributed by atoms with Gasteiger partial charge in [0.1, 0.15) is 0 Å². The van der Waals surface area contributed by atoms with Crippen molar-refractivity contribution in [1.29, 1.82) is 0 Å². The van der Waals surface area contributed by atoms with Crippen molar-refractivity contribution in [1.82, 2.24) is 9.80 Å². The van der Waals surface area contributed by atoms with Crippen molar-refractivity contribution in [3.63, 3.8) is 0 Å². The van der Waals surface area contributed by atoms with Gasteiger partial charge in [-0.3, -0.25) is 4.79 Å². The van der Waals surface area contributed by atoms with Crippen LogP contribution in [0.3, 0.4) is 0 Å². The normalized spacial score (nSPS) is 16.2. The standard InChI is InChI=1S/C14H24N2O3/c1-3-7-15(8-4-2)14(19)16-9-5-12(6-10-16)11-13(17)18/h3,12H,1,4-11H2,2H3,(H,17,18). The van der Waals surface area contributed by atoms with E-state index in [0.717, 1.165) is 25.8 Å². The Morgan fingerprint density at radius 1 is 1.42 bits per heavy atom. The highest BCUT2D eigenvalue weighted by Gasteiger charge is 2.26. The first-order chi connectivity index (χ1) is 9.08. The molecule has 0 radical (unpaired) electrons. The number of carbonyl (C=O) groups excluding carboxylic acids is 1. The van der Waals surface area contributed by atoms with Gasteiger partial charge in [0.2, 0.25) is 0 Å². The fourth-order valence-corrected chi connectivity index (χ4v) is 2.47. The molecule has 2 amide bonds. The van der Waals surface area contributed by atoms with Crippen molar-refractivity contribution in [2.45, 2.75) is 32.6 Å². The van der Waals surface area contributed by atoms with Crippen LogP contribution in [0.25, 0.3) is 0 Å². The third kappa shape index (κ3) is 4.93. The molecule has 0 aromatic carbocycles. The predicted octanol–water partition coefficient (Wildman–Crippen LogP) is 2.19. The Hall–Kier alpha value is -1.52. The quantitative estimate of drug-likeness (QED) is 0.751. The fraction of sp³-hybridized carbons (Fsp3) is 0.714. The van der Waals surface area contributed by atoms with Crippen LogP contribution in [0.2, 0.25) is 0 Å². The third-order valence-electron chi connectivity index (χ3n) is 3.46. The zero-order chi connectivity index (χ0) is 14.3. The van der Waals surface area contributed by atoms with Crippen molar-refractivity contribution < 1.29 is 14.7 Å². The first kappa shape index (κ1) is 15.5. The van der Waals surface area contributed by atoms with Gasteiger partial charge in [-0.1, -0.05) is 13.0 Å². The van der Waals surface area contributed by atoms with Crippen LogP contribution in [0.15, 0.2) is 12.7 Å². The summed E-state index contributed by atoms with van der Waals surface area (Å²) in [5.74, 6) is -0.537. The van der Waals surface area contributed by atoms with E-state index in [0.29, 0.717) is 19.6 Å². The van der Waals surface area contributed by atoms with Crippen molar-refractivity contribution in [2.75, 3.05) is 26.2 Å². The van der Waals surface area contributed by atoms with Crippen LogP contribution in [-0.2, 0) is 4.79 Å². The minimum absolute atomic E-state index is 0.0514. The van der Waals surface area contributed by atoms with Gasteiger partial charge in [-0.25, -0.2) is 4.79 Å². The van der Waals surface area contributed by atoms with Crippen LogP contribution in [-0.4, -0.2) is 53.1 Å². The van der Waals surface area contributed by atoms with Crippen LogP contribution in [0, 0.1) is 5.92 Å². The number of hydrogen-bond donors (Lipinski definition) is 1. The number of likely N-dealkylation sites (tertiary alicyclic amines) is 1. The minimum atomic E-state index is -0.746. The van der Waals surface area contributed by atoms with E-state index in [-0.39, 0.29) is 18.4 Å². The van der Waals surface area contributed by atoms with Crippen LogP contribution in [0.4, 0.5) is 4.79 Å². The molecule has 0 atom stereocenters. The van der Waals surface area contributed by atoms with Crippen molar-refractivity contribution in [2.24, 2.45) is 5.92 Å². The minimum Gasteiger partial charge on any atom is -0.481 e. The molecule has 1 N–H and O–H groups in total. The molecule has 0 aliphatic carbocycles. The predicted molar refractivity (Wildman–Crippen MR) is 74.0 cm³/mol. The molecule has 0 aromatic heterocycles. The number of piperidine rings is 1. The Balaban J connectivity index is 2.46. The second-order valence-electron chi connectivity index (χ2n) is 5.05. The van der Waals surface area contributed by atoms with E-state index in [1.807, 2.05) is 11.8 Å². The lowest BCUT2D eigenvalue weighted by molar-refractivity contribution is -0.138. The fourth-order valence-electron chi connectivity index (χ4n) is 2.47. The molecule has 0 aromatic rings. The van der Waals surface area contributed by atoms with Crippen LogP contribution in [0.5, 0.6) is 0 Å². The summed E-state index contributed by atoms with van der Waals surface area (Å²) in [6.07, 6.45) is 4.45. The maximum Gasteiger partial charge on any atom is 0.320 e. The van der Waals surface area contributed by atoms with E-state index in [1.54, 1.807) is 11.0 Å². The van der Waals surface area contributed by atoms with Gasteiger partial charge >= 0.3 is 12.0 Å². The molecule has 0 unspecified atom stereocenters. The molecule has 5 heteroatoms. The number of hydrogen-bond acceptors (Lipinski definition) is 2. The Morgan fingerprint density at radius 3 is 2.53 bits per heavy atom. The number of urea groups is 1. The second-order valence-corrected chi connectivity index (χ2v) is 5.05. The average molecular weight is 268 g/mol. The molecular formula is C14H24N2O3. The van der Waals surface area contributed by atoms with Gasteiger partial charge in [0.05, 0.1) is 0 Å². The molecular weight excluding hydrogens is 244 g/mol. The SMILES string of the molecule is C=CCN(CCC)C(=O)N1CCC(CC(=O)O)CC1. The molecule has 0 bridgehead atoms. The summed E-state index contributed by atoms with van der Waals surface area (Å²) < 4.78 is 0. The van der Waals surface area contributed by atoms with Gasteiger partial charge in [0.25, 0.3) is 0 Å². The van der Waals surface area contributed by atoms with Crippen molar-refractivity contribution in [3.8, 4) is 0 Å². The lowest BCUT2D eigenvalue weighted by Crippen LogP contribution is -2.47. The monoisotopic (exact) mass is 268 g/mol. The van der Waals surface area contributed by atoms with Gasteiger partial charge in [-0.05, 0) is 25.2 Å². The van der Waals surface area contributed by atoms with E-state index in [1.165, 1.54) is 0 Å². The topological polar surface area (TPSA) is 60.9 Å². The molecule has 108 valence electrons. The molecule has 0 saturated carbocycles. The van der Waals surface area contributed by atoms with Crippen LogP contribution in [0.1, 0.15) is 32.6 Å². The Morgan fingerprint density at radius 2 is 2.05 bits per heavy atom. The van der Waals surface area contributed by atoms with E-state index in [4.69, 9.17) is 5.11 Å². The number of carboxylic acid groups (broad SMARTS) is 1. The summed E-state index contributed by atoms with van der Waals surface area (Å²) in [7, 11) is 0. The highest BCUT2D eigenvalue weighted by atomic mass is 16.4. The maximum atomic E-state index is 12.3. The molecule has 0 spiro atoms. The zero-order valence-corrected chi connectivity index (χ0v) is 11.7. The van der Waals surface area contributed by atoms with E-state index in [2.05, 4.69) is 6.58 Å². The summed E-state index contributed by atoms with van der Waals surface area (Å²) in [6, 6.07) is 0.0514. The summed E-state index contributed by atoms with van der Waals surface area (Å²) in [5, 5.41) is 8.77. The van der Waals surface area contributed by atoms with Gasteiger partial charge in [-0.15, -0.1) is 6.58 Å². The Labute approximate surface area is 114 Å². The van der Waals surface area contributed by atoms with Gasteiger partial charge in [-0.2, -0.15) is 0 Å². The van der Waals surface area contributed by atoms with Gasteiger partial charge in [0, 0.05) is 32.6 Å². The second kappa shape index (κ2) is 7.81. The Kier molecular flexibility index (Phi) is 6.39. The molecule has 1 aliphatic heterocycles. The number of aliphatic carboxylic acids is 1. The molecule has 1 aliphatic rings. The summed E-state index contributed by atoms with van der Waals surface area (Å²) >= 11 is 0. The molecule has 1 saturated heterocycles. The highest BCUT2D eigenvalue weighted by Crippen LogP contribution is 2.21. The number of carbonyl (C=O) groups is 2. The molecule has 1 heterocycles. The largest absolute Gasteiger partial charge is 0.481 e. The third-order valence-corrected chi connectivity index (χ3v) is 3.46. The van der Waals surface area contributed by atoms with Crippen LogP contribution < -0.4 is 0 Å². The molecule has 19 heavy (non-hydrogen) atoms. The number of carboxylic acids is 1. The molecule has 1 fully saturated rings. The number of nitrogens with zero attached hydrogens (tertiary/aromatic N) is 2. The lowest BCUT2D eigenvalue weighted by Gasteiger charge is -2.35. The first-order valence-corrected chi connectivity index (χ1v) is 6.95. The number of amides is 2.